The molecule has 0 aliphatic rings. The second kappa shape index (κ2) is 15.6. The molecule has 8 rings (SSSR count). The van der Waals surface area contributed by atoms with Crippen molar-refractivity contribution in [1.29, 1.82) is 0 Å². The molecular weight excluding hydrogens is 673 g/mol. The molecule has 0 aliphatic carbocycles. The highest BCUT2D eigenvalue weighted by molar-refractivity contribution is 6.29. The Kier molecular flexibility index (Phi) is 9.98. The quantitative estimate of drug-likeness (QED) is 0.118. The van der Waals surface area contributed by atoms with E-state index in [1.165, 1.54) is 38.5 Å². The van der Waals surface area contributed by atoms with Gasteiger partial charge in [-0.1, -0.05) is 134 Å². The zero-order valence-electron chi connectivity index (χ0n) is 31.3. The van der Waals surface area contributed by atoms with E-state index < -0.39 is 0 Å². The molecule has 4 heteroatoms. The van der Waals surface area contributed by atoms with E-state index in [-0.39, 0.29) is 13.2 Å². The van der Waals surface area contributed by atoms with Gasteiger partial charge in [0, 0.05) is 57.1 Å². The topological polar surface area (TPSA) is 28.3 Å². The molecule has 0 saturated heterocycles. The first-order valence-electron chi connectivity index (χ1n) is 18.8. The van der Waals surface area contributed by atoms with Crippen LogP contribution in [-0.2, 0) is 13.1 Å². The SMILES string of the molecule is C#CCOc1cccc(-c2c3c4ccccc4n(Cc4ccccc4)c3c(-c3cccc(OCC#C)c3)c3c(/C=C\CC)c(C)n(Cc4ccccc4)c23)c1. The number of ether oxygens (including phenoxy) is 2. The summed E-state index contributed by atoms with van der Waals surface area (Å²) in [7, 11) is 0. The molecule has 0 spiro atoms. The predicted octanol–water partition coefficient (Wildman–Crippen LogP) is 11.9. The first-order valence-corrected chi connectivity index (χ1v) is 18.8. The molecule has 0 bridgehead atoms. The maximum atomic E-state index is 6.08. The van der Waals surface area contributed by atoms with E-state index >= 15 is 0 Å². The fraction of sp³-hybridized carbons (Fsp3) is 0.137. The number of benzene rings is 6. The van der Waals surface area contributed by atoms with E-state index in [9.17, 15) is 0 Å². The summed E-state index contributed by atoms with van der Waals surface area (Å²) < 4.78 is 17.2. The molecule has 6 aromatic carbocycles. The van der Waals surface area contributed by atoms with Crippen LogP contribution in [0.15, 0.2) is 140 Å². The minimum Gasteiger partial charge on any atom is -0.481 e. The van der Waals surface area contributed by atoms with Crippen LogP contribution in [-0.4, -0.2) is 22.3 Å². The molecule has 0 fully saturated rings. The van der Waals surface area contributed by atoms with Gasteiger partial charge < -0.3 is 18.6 Å². The maximum absolute atomic E-state index is 6.08. The van der Waals surface area contributed by atoms with Crippen molar-refractivity contribution in [3.63, 3.8) is 0 Å². The van der Waals surface area contributed by atoms with E-state index in [0.29, 0.717) is 13.1 Å². The molecule has 4 nitrogen and oxygen atoms in total. The highest BCUT2D eigenvalue weighted by atomic mass is 16.5. The summed E-state index contributed by atoms with van der Waals surface area (Å²) in [5.74, 6) is 6.74. The van der Waals surface area contributed by atoms with E-state index in [2.05, 4.69) is 168 Å². The van der Waals surface area contributed by atoms with Crippen LogP contribution < -0.4 is 9.47 Å². The normalized spacial score (nSPS) is 11.3. The Bertz CT molecular complexity index is 2770. The molecule has 55 heavy (non-hydrogen) atoms. The van der Waals surface area contributed by atoms with Gasteiger partial charge in [0.2, 0.25) is 0 Å². The fourth-order valence-corrected chi connectivity index (χ4v) is 7.95. The summed E-state index contributed by atoms with van der Waals surface area (Å²) in [6, 6.07) is 47.0. The number of hydrogen-bond acceptors (Lipinski definition) is 2. The zero-order chi connectivity index (χ0) is 37.7. The van der Waals surface area contributed by atoms with Gasteiger partial charge in [-0.15, -0.1) is 12.8 Å². The molecule has 0 aliphatic heterocycles. The van der Waals surface area contributed by atoms with Gasteiger partial charge in [-0.25, -0.2) is 0 Å². The van der Waals surface area contributed by atoms with Crippen molar-refractivity contribution < 1.29 is 9.47 Å². The summed E-state index contributed by atoms with van der Waals surface area (Å²) in [5.41, 5.74) is 12.7. The first kappa shape index (κ1) is 35.2. The summed E-state index contributed by atoms with van der Waals surface area (Å²) in [6.45, 7) is 6.21. The average molecular weight is 715 g/mol. The van der Waals surface area contributed by atoms with E-state index in [1.54, 1.807) is 0 Å². The number of hydrogen-bond donors (Lipinski definition) is 0. The van der Waals surface area contributed by atoms with Crippen LogP contribution >= 0.6 is 0 Å². The minimum absolute atomic E-state index is 0.191. The van der Waals surface area contributed by atoms with Crippen molar-refractivity contribution in [3.8, 4) is 58.4 Å². The molecule has 0 saturated carbocycles. The van der Waals surface area contributed by atoms with Crippen molar-refractivity contribution in [1.82, 2.24) is 9.13 Å². The fourth-order valence-electron chi connectivity index (χ4n) is 7.95. The Hall–Kier alpha value is -6.88. The van der Waals surface area contributed by atoms with Gasteiger partial charge >= 0.3 is 0 Å². The number of aromatic nitrogens is 2. The van der Waals surface area contributed by atoms with E-state index in [0.717, 1.165) is 56.7 Å². The predicted molar refractivity (Wildman–Crippen MR) is 230 cm³/mol. The van der Waals surface area contributed by atoms with E-state index in [4.69, 9.17) is 22.3 Å². The van der Waals surface area contributed by atoms with Crippen LogP contribution in [0.25, 0.3) is 61.0 Å². The third-order valence-electron chi connectivity index (χ3n) is 10.3. The molecule has 8 aromatic rings. The van der Waals surface area contributed by atoms with Gasteiger partial charge in [0.1, 0.15) is 24.7 Å². The lowest BCUT2D eigenvalue weighted by Gasteiger charge is -2.19. The van der Waals surface area contributed by atoms with Crippen LogP contribution in [0, 0.1) is 31.6 Å². The smallest absolute Gasteiger partial charge is 0.148 e. The summed E-state index contributed by atoms with van der Waals surface area (Å²) >= 11 is 0. The van der Waals surface area contributed by atoms with Crippen molar-refractivity contribution in [2.45, 2.75) is 33.4 Å². The van der Waals surface area contributed by atoms with Gasteiger partial charge in [0.15, 0.2) is 0 Å². The van der Waals surface area contributed by atoms with Crippen LogP contribution in [0.5, 0.6) is 11.5 Å². The third kappa shape index (κ3) is 6.65. The number of nitrogens with zero attached hydrogens (tertiary/aromatic N) is 2. The first-order chi connectivity index (χ1) is 27.1. The van der Waals surface area contributed by atoms with Gasteiger partial charge in [-0.3, -0.25) is 0 Å². The Morgan fingerprint density at radius 3 is 1.71 bits per heavy atom. The molecule has 0 atom stereocenters. The Morgan fingerprint density at radius 2 is 1.13 bits per heavy atom. The van der Waals surface area contributed by atoms with Crippen molar-refractivity contribution in [3.05, 3.63) is 162 Å². The number of fused-ring (bicyclic) bond motifs is 4. The average Bonchev–Trinajstić information content (AvgIpc) is 3.68. The highest BCUT2D eigenvalue weighted by Crippen LogP contribution is 2.51. The van der Waals surface area contributed by atoms with Gasteiger partial charge in [0.25, 0.3) is 0 Å². The summed E-state index contributed by atoms with van der Waals surface area (Å²) in [6.07, 6.45) is 16.8. The lowest BCUT2D eigenvalue weighted by Crippen LogP contribution is -2.04. The second-order valence-corrected chi connectivity index (χ2v) is 13.7. The van der Waals surface area contributed by atoms with Gasteiger partial charge in [0.05, 0.1) is 11.0 Å². The molecule has 2 aromatic heterocycles. The highest BCUT2D eigenvalue weighted by Gasteiger charge is 2.29. The molecular formula is C51H42N2O2. The monoisotopic (exact) mass is 714 g/mol. The third-order valence-corrected chi connectivity index (χ3v) is 10.3. The molecule has 0 amide bonds. The standard InChI is InChI=1S/C51H42N2O2/c1-5-8-27-43-36(4)52(34-37-19-11-9-12-20-37)50-47(40-24-18-26-42(33-40)55-31-7-3)49-44-28-15-16-29-45(44)53(35-38-21-13-10-14-22-38)51(49)46(48(43)50)39-23-17-25-41(32-39)54-30-6-2/h2-3,8-29,32-33H,5,30-31,34-35H2,1,4H3/b27-8-. The molecule has 0 N–H and O–H groups in total. The maximum Gasteiger partial charge on any atom is 0.148 e. The van der Waals surface area contributed by atoms with Gasteiger partial charge in [-0.05, 0) is 65.9 Å². The van der Waals surface area contributed by atoms with Crippen molar-refractivity contribution in [2.24, 2.45) is 0 Å². The lowest BCUT2D eigenvalue weighted by molar-refractivity contribution is 0.370. The number of para-hydroxylation sites is 1. The Balaban J connectivity index is 1.63. The Labute approximate surface area is 323 Å². The minimum atomic E-state index is 0.191. The zero-order valence-corrected chi connectivity index (χ0v) is 31.3. The van der Waals surface area contributed by atoms with Crippen molar-refractivity contribution in [2.75, 3.05) is 13.2 Å². The number of rotatable bonds is 12. The van der Waals surface area contributed by atoms with Gasteiger partial charge in [-0.2, -0.15) is 0 Å². The van der Waals surface area contributed by atoms with Crippen LogP contribution in [0.3, 0.4) is 0 Å². The largest absolute Gasteiger partial charge is 0.481 e. The van der Waals surface area contributed by atoms with Crippen LogP contribution in [0.4, 0.5) is 0 Å². The number of terminal acetylenes is 2. The molecule has 0 radical (unpaired) electrons. The summed E-state index contributed by atoms with van der Waals surface area (Å²) in [5, 5.41) is 3.54. The number of allylic oxidation sites excluding steroid dienone is 1. The van der Waals surface area contributed by atoms with Crippen LogP contribution in [0.1, 0.15) is 35.7 Å². The van der Waals surface area contributed by atoms with E-state index in [1.807, 2.05) is 12.1 Å². The molecule has 268 valence electrons. The van der Waals surface area contributed by atoms with Crippen LogP contribution in [0.2, 0.25) is 0 Å². The summed E-state index contributed by atoms with van der Waals surface area (Å²) in [4.78, 5) is 0. The Morgan fingerprint density at radius 1 is 0.600 bits per heavy atom. The lowest BCUT2D eigenvalue weighted by atomic mass is 9.89. The molecule has 2 heterocycles. The molecule has 0 unspecified atom stereocenters. The second-order valence-electron chi connectivity index (χ2n) is 13.7. The van der Waals surface area contributed by atoms with Crippen molar-refractivity contribution >= 4 is 38.8 Å².